The topological polar surface area (TPSA) is 132 Å². The molecule has 2 N–H and O–H groups in total. The highest BCUT2D eigenvalue weighted by atomic mass is 32.2. The van der Waals surface area contributed by atoms with E-state index in [4.69, 9.17) is 19.1 Å². The maximum Gasteiger partial charge on any atom is 0.333 e. The number of nitrogens with zero attached hydrogens (tertiary/aromatic N) is 2. The first kappa shape index (κ1) is 23.5. The highest BCUT2D eigenvalue weighted by molar-refractivity contribution is 7.90. The minimum absolute atomic E-state index is 0.0885. The summed E-state index contributed by atoms with van der Waals surface area (Å²) >= 11 is 0. The lowest BCUT2D eigenvalue weighted by Crippen LogP contribution is -2.55. The van der Waals surface area contributed by atoms with Crippen LogP contribution >= 0.6 is 0 Å². The average molecular weight is 472 g/mol. The second-order valence-electron chi connectivity index (χ2n) is 9.48. The van der Waals surface area contributed by atoms with Gasteiger partial charge in [0.15, 0.2) is 8.32 Å². The van der Waals surface area contributed by atoms with Crippen molar-refractivity contribution in [3.05, 3.63) is 56.0 Å². The molecule has 31 heavy (non-hydrogen) atoms. The van der Waals surface area contributed by atoms with E-state index in [0.29, 0.717) is 5.56 Å². The molecule has 0 aromatic carbocycles. The van der Waals surface area contributed by atoms with E-state index in [1.807, 2.05) is 33.9 Å². The SMILES string of the molecule is C=C1O[C@@H](n2cc(C)c(=O)n(C)c2=O)[C@H](O[Si](C)(C)C(C)(C)C)C12OS(=O)(=O)C=C2N. The molecule has 0 saturated carbocycles. The second kappa shape index (κ2) is 6.92. The van der Waals surface area contributed by atoms with Crippen molar-refractivity contribution in [3.8, 4) is 0 Å². The molecule has 10 nitrogen and oxygen atoms in total. The standard InChI is InChI=1S/C19H29N3O7SSi/c1-11-9-22(17(24)21(6)15(11)23)16-14(28-31(7,8)18(3,4)5)19(12(2)27-16)13(20)10-30(25,26)29-19/h9-10,14,16H,2,20H2,1,3-8H3/t14-,16+,19?/m0/s1. The number of rotatable bonds is 3. The summed E-state index contributed by atoms with van der Waals surface area (Å²) in [6, 6.07) is 0. The highest BCUT2D eigenvalue weighted by Crippen LogP contribution is 2.52. The van der Waals surface area contributed by atoms with Crippen molar-refractivity contribution in [3.63, 3.8) is 0 Å². The monoisotopic (exact) mass is 471 g/mol. The third-order valence-corrected chi connectivity index (χ3v) is 11.8. The van der Waals surface area contributed by atoms with Gasteiger partial charge in [-0.25, -0.2) is 8.98 Å². The quantitative estimate of drug-likeness (QED) is 0.514. The van der Waals surface area contributed by atoms with Gasteiger partial charge >= 0.3 is 5.69 Å². The summed E-state index contributed by atoms with van der Waals surface area (Å²) in [5.74, 6) is -0.0885. The van der Waals surface area contributed by atoms with Gasteiger partial charge in [-0.15, -0.1) is 0 Å². The molecule has 3 heterocycles. The summed E-state index contributed by atoms with van der Waals surface area (Å²) < 4.78 is 44.6. The van der Waals surface area contributed by atoms with Crippen LogP contribution < -0.4 is 17.0 Å². The molecule has 2 aliphatic heterocycles. The van der Waals surface area contributed by atoms with E-state index in [0.717, 1.165) is 9.98 Å². The van der Waals surface area contributed by atoms with Gasteiger partial charge in [0.05, 0.1) is 11.1 Å². The third kappa shape index (κ3) is 3.51. The third-order valence-electron chi connectivity index (χ3n) is 6.27. The molecule has 3 atom stereocenters. The Balaban J connectivity index is 2.26. The molecule has 2 aliphatic rings. The molecule has 1 aromatic rings. The molecule has 3 rings (SSSR count). The van der Waals surface area contributed by atoms with Crippen molar-refractivity contribution in [2.45, 2.75) is 63.8 Å². The number of hydrogen-bond acceptors (Lipinski definition) is 8. The summed E-state index contributed by atoms with van der Waals surface area (Å²) in [6.07, 6.45) is -0.934. The molecular formula is C19H29N3O7SSi. The van der Waals surface area contributed by atoms with Crippen molar-refractivity contribution in [2.75, 3.05) is 0 Å². The number of hydrogen-bond donors (Lipinski definition) is 1. The Morgan fingerprint density at radius 2 is 1.87 bits per heavy atom. The molecule has 0 bridgehead atoms. The molecule has 1 spiro atoms. The van der Waals surface area contributed by atoms with Crippen LogP contribution in [0.2, 0.25) is 18.1 Å². The van der Waals surface area contributed by atoms with Gasteiger partial charge in [0.1, 0.15) is 11.9 Å². The largest absolute Gasteiger partial charge is 0.468 e. The maximum atomic E-state index is 12.9. The van der Waals surface area contributed by atoms with Crippen molar-refractivity contribution in [1.29, 1.82) is 0 Å². The van der Waals surface area contributed by atoms with Gasteiger partial charge in [-0.05, 0) is 25.1 Å². The first-order valence-corrected chi connectivity index (χ1v) is 14.1. The summed E-state index contributed by atoms with van der Waals surface area (Å²) in [4.78, 5) is 25.1. The predicted molar refractivity (Wildman–Crippen MR) is 117 cm³/mol. The van der Waals surface area contributed by atoms with Crippen LogP contribution in [-0.2, 0) is 30.5 Å². The van der Waals surface area contributed by atoms with Crippen molar-refractivity contribution >= 4 is 18.4 Å². The summed E-state index contributed by atoms with van der Waals surface area (Å²) in [5, 5.41) is 0.545. The number of aryl methyl sites for hydroxylation is 1. The lowest BCUT2D eigenvalue weighted by atomic mass is 9.93. The summed E-state index contributed by atoms with van der Waals surface area (Å²) in [6.45, 7) is 15.4. The van der Waals surface area contributed by atoms with E-state index in [2.05, 4.69) is 6.58 Å². The Morgan fingerprint density at radius 1 is 1.29 bits per heavy atom. The van der Waals surface area contributed by atoms with Crippen LogP contribution in [0.3, 0.4) is 0 Å². The number of nitrogens with two attached hydrogens (primary N) is 1. The van der Waals surface area contributed by atoms with Crippen LogP contribution in [0.5, 0.6) is 0 Å². The van der Waals surface area contributed by atoms with Crippen LogP contribution in [0.25, 0.3) is 0 Å². The van der Waals surface area contributed by atoms with Crippen molar-refractivity contribution in [2.24, 2.45) is 12.8 Å². The minimum Gasteiger partial charge on any atom is -0.468 e. The lowest BCUT2D eigenvalue weighted by Gasteiger charge is -2.42. The zero-order valence-electron chi connectivity index (χ0n) is 18.8. The molecule has 1 fully saturated rings. The van der Waals surface area contributed by atoms with Crippen molar-refractivity contribution < 1.29 is 21.8 Å². The van der Waals surface area contributed by atoms with Crippen molar-refractivity contribution in [1.82, 2.24) is 9.13 Å². The Labute approximate surface area is 182 Å². The molecule has 172 valence electrons. The van der Waals surface area contributed by atoms with Gasteiger partial charge in [-0.2, -0.15) is 8.42 Å². The van der Waals surface area contributed by atoms with E-state index in [9.17, 15) is 18.0 Å². The van der Waals surface area contributed by atoms with Crippen LogP contribution in [-0.4, -0.2) is 37.6 Å². The molecule has 0 amide bonds. The first-order chi connectivity index (χ1) is 13.9. The van der Waals surface area contributed by atoms with Crippen LogP contribution in [0.1, 0.15) is 32.6 Å². The maximum absolute atomic E-state index is 12.9. The Kier molecular flexibility index (Phi) is 5.25. The predicted octanol–water partition coefficient (Wildman–Crippen LogP) is 1.19. The Bertz CT molecular complexity index is 1210. The first-order valence-electron chi connectivity index (χ1n) is 9.70. The fraction of sp³-hybridized carbons (Fsp3) is 0.579. The molecular weight excluding hydrogens is 442 g/mol. The van der Waals surface area contributed by atoms with E-state index in [1.54, 1.807) is 6.92 Å². The molecule has 0 radical (unpaired) electrons. The van der Waals surface area contributed by atoms with Gasteiger partial charge in [-0.3, -0.25) is 13.9 Å². The highest BCUT2D eigenvalue weighted by Gasteiger charge is 2.65. The fourth-order valence-electron chi connectivity index (χ4n) is 3.44. The molecule has 1 saturated heterocycles. The normalized spacial score (nSPS) is 28.1. The molecule has 12 heteroatoms. The van der Waals surface area contributed by atoms with Crippen LogP contribution in [0, 0.1) is 6.92 Å². The van der Waals surface area contributed by atoms with Gasteiger partial charge in [0.2, 0.25) is 11.8 Å². The van der Waals surface area contributed by atoms with Gasteiger partial charge in [0.25, 0.3) is 15.7 Å². The van der Waals surface area contributed by atoms with E-state index in [1.165, 1.54) is 17.8 Å². The van der Waals surface area contributed by atoms with Crippen LogP contribution in [0.15, 0.2) is 39.2 Å². The zero-order valence-corrected chi connectivity index (χ0v) is 20.6. The fourth-order valence-corrected chi connectivity index (χ4v) is 5.89. The van der Waals surface area contributed by atoms with Gasteiger partial charge in [-0.1, -0.05) is 27.4 Å². The average Bonchev–Trinajstić information content (AvgIpc) is 3.02. The minimum atomic E-state index is -4.12. The Hall–Kier alpha value is -2.15. The van der Waals surface area contributed by atoms with Gasteiger partial charge in [0, 0.05) is 18.8 Å². The lowest BCUT2D eigenvalue weighted by molar-refractivity contribution is -0.0220. The summed E-state index contributed by atoms with van der Waals surface area (Å²) in [7, 11) is -5.33. The molecule has 0 aliphatic carbocycles. The molecule has 1 unspecified atom stereocenters. The summed E-state index contributed by atoms with van der Waals surface area (Å²) in [5.41, 5.74) is 3.36. The van der Waals surface area contributed by atoms with E-state index in [-0.39, 0.29) is 16.5 Å². The number of aromatic nitrogens is 2. The van der Waals surface area contributed by atoms with Crippen LogP contribution in [0.4, 0.5) is 0 Å². The van der Waals surface area contributed by atoms with E-state index < -0.39 is 47.6 Å². The van der Waals surface area contributed by atoms with E-state index >= 15 is 0 Å². The molecule has 1 aromatic heterocycles. The zero-order chi connectivity index (χ0) is 23.7. The smallest absolute Gasteiger partial charge is 0.333 e. The second-order valence-corrected chi connectivity index (χ2v) is 15.6. The Morgan fingerprint density at radius 3 is 2.35 bits per heavy atom. The number of ether oxygens (including phenoxy) is 1. The van der Waals surface area contributed by atoms with Gasteiger partial charge < -0.3 is 14.9 Å².